The zero-order chi connectivity index (χ0) is 16.2. The number of benzene rings is 2. The van der Waals surface area contributed by atoms with Crippen molar-refractivity contribution in [1.82, 2.24) is 0 Å². The van der Waals surface area contributed by atoms with Gasteiger partial charge >= 0.3 is 11.9 Å². The van der Waals surface area contributed by atoms with Crippen LogP contribution in [0.15, 0.2) is 54.6 Å². The molecule has 2 rings (SSSR count). The largest absolute Gasteiger partial charge is 0.478 e. The highest BCUT2D eigenvalue weighted by Crippen LogP contribution is 2.25. The third-order valence-electron chi connectivity index (χ3n) is 3.58. The Kier molecular flexibility index (Phi) is 4.61. The lowest BCUT2D eigenvalue weighted by molar-refractivity contribution is -0.150. The Morgan fingerprint density at radius 3 is 2.14 bits per heavy atom. The van der Waals surface area contributed by atoms with Crippen LogP contribution in [0, 0.1) is 0 Å². The molecule has 0 unspecified atom stereocenters. The first-order valence-corrected chi connectivity index (χ1v) is 6.96. The molecule has 0 saturated carbocycles. The van der Waals surface area contributed by atoms with E-state index in [1.54, 1.807) is 26.0 Å². The molecule has 0 radical (unpaired) electrons. The molecule has 0 aliphatic heterocycles. The Balaban J connectivity index is 2.08. The van der Waals surface area contributed by atoms with Crippen molar-refractivity contribution in [3.63, 3.8) is 0 Å². The van der Waals surface area contributed by atoms with E-state index in [0.29, 0.717) is 0 Å². The second-order valence-electron chi connectivity index (χ2n) is 5.57. The van der Waals surface area contributed by atoms with E-state index in [4.69, 9.17) is 9.84 Å². The first kappa shape index (κ1) is 15.8. The fourth-order valence-electron chi connectivity index (χ4n) is 2.05. The molecule has 2 aromatic rings. The van der Waals surface area contributed by atoms with Gasteiger partial charge in [-0.25, -0.2) is 4.79 Å². The molecular weight excluding hydrogens is 280 g/mol. The predicted molar refractivity (Wildman–Crippen MR) is 82.7 cm³/mol. The summed E-state index contributed by atoms with van der Waals surface area (Å²) in [5.41, 5.74) is 0.992. The van der Waals surface area contributed by atoms with Crippen LogP contribution in [-0.2, 0) is 21.6 Å². The first-order chi connectivity index (χ1) is 10.4. The molecule has 0 amide bonds. The van der Waals surface area contributed by atoms with Gasteiger partial charge in [0.2, 0.25) is 0 Å². The minimum atomic E-state index is -0.990. The maximum Gasteiger partial charge on any atom is 0.335 e. The smallest absolute Gasteiger partial charge is 0.335 e. The van der Waals surface area contributed by atoms with Gasteiger partial charge < -0.3 is 9.84 Å². The molecule has 1 N–H and O–H groups in total. The number of carboxylic acid groups (broad SMARTS) is 1. The molecule has 0 saturated heterocycles. The van der Waals surface area contributed by atoms with Gasteiger partial charge in [0, 0.05) is 0 Å². The summed E-state index contributed by atoms with van der Waals surface area (Å²) in [6.07, 6.45) is 0. The van der Waals surface area contributed by atoms with Crippen molar-refractivity contribution in [3.05, 3.63) is 71.3 Å². The van der Waals surface area contributed by atoms with Gasteiger partial charge in [-0.2, -0.15) is 0 Å². The highest BCUT2D eigenvalue weighted by molar-refractivity contribution is 5.88. The molecule has 0 aliphatic rings. The van der Waals surface area contributed by atoms with E-state index >= 15 is 0 Å². The molecule has 0 fully saturated rings. The topological polar surface area (TPSA) is 63.6 Å². The number of aromatic carboxylic acids is 1. The SMILES string of the molecule is CC(C)(C(=O)OCc1ccccc1)c1ccc(C(=O)O)cc1. The number of carbonyl (C=O) groups excluding carboxylic acids is 1. The summed E-state index contributed by atoms with van der Waals surface area (Å²) in [4.78, 5) is 23.2. The molecule has 0 heterocycles. The second kappa shape index (κ2) is 6.43. The Bertz CT molecular complexity index is 657. The minimum Gasteiger partial charge on any atom is -0.478 e. The van der Waals surface area contributed by atoms with Gasteiger partial charge in [0.1, 0.15) is 6.61 Å². The normalized spacial score (nSPS) is 11.0. The van der Waals surface area contributed by atoms with Crippen LogP contribution in [0.3, 0.4) is 0 Å². The van der Waals surface area contributed by atoms with Crippen LogP contribution in [0.25, 0.3) is 0 Å². The summed E-state index contributed by atoms with van der Waals surface area (Å²) < 4.78 is 5.37. The Morgan fingerprint density at radius 2 is 1.59 bits per heavy atom. The van der Waals surface area contributed by atoms with Crippen molar-refractivity contribution >= 4 is 11.9 Å². The minimum absolute atomic E-state index is 0.192. The number of esters is 1. The van der Waals surface area contributed by atoms with Crippen molar-refractivity contribution in [2.24, 2.45) is 0 Å². The van der Waals surface area contributed by atoms with E-state index in [1.807, 2.05) is 30.3 Å². The van der Waals surface area contributed by atoms with Crippen molar-refractivity contribution in [2.75, 3.05) is 0 Å². The van der Waals surface area contributed by atoms with E-state index in [-0.39, 0.29) is 18.1 Å². The summed E-state index contributed by atoms with van der Waals surface area (Å²) >= 11 is 0. The Labute approximate surface area is 129 Å². The molecule has 4 nitrogen and oxygen atoms in total. The van der Waals surface area contributed by atoms with Crippen LogP contribution in [0.2, 0.25) is 0 Å². The molecule has 114 valence electrons. The van der Waals surface area contributed by atoms with Crippen LogP contribution >= 0.6 is 0 Å². The summed E-state index contributed by atoms with van der Waals surface area (Å²) in [6.45, 7) is 3.74. The van der Waals surface area contributed by atoms with E-state index in [2.05, 4.69) is 0 Å². The van der Waals surface area contributed by atoms with Crippen LogP contribution < -0.4 is 0 Å². The number of rotatable bonds is 5. The van der Waals surface area contributed by atoms with E-state index in [0.717, 1.165) is 11.1 Å². The molecule has 0 atom stereocenters. The van der Waals surface area contributed by atoms with Gasteiger partial charge in [-0.1, -0.05) is 42.5 Å². The average Bonchev–Trinajstić information content (AvgIpc) is 2.53. The number of carboxylic acids is 1. The molecule has 0 aliphatic carbocycles. The molecule has 2 aromatic carbocycles. The monoisotopic (exact) mass is 298 g/mol. The zero-order valence-corrected chi connectivity index (χ0v) is 12.6. The fraction of sp³-hybridized carbons (Fsp3) is 0.222. The van der Waals surface area contributed by atoms with Gasteiger partial charge in [0.25, 0.3) is 0 Å². The van der Waals surface area contributed by atoms with E-state index in [1.165, 1.54) is 12.1 Å². The van der Waals surface area contributed by atoms with Crippen LogP contribution in [0.1, 0.15) is 35.3 Å². The molecule has 0 spiro atoms. The molecule has 22 heavy (non-hydrogen) atoms. The highest BCUT2D eigenvalue weighted by Gasteiger charge is 2.31. The Hall–Kier alpha value is -2.62. The van der Waals surface area contributed by atoms with Gasteiger partial charge in [-0.15, -0.1) is 0 Å². The molecular formula is C18H18O4. The molecule has 0 bridgehead atoms. The highest BCUT2D eigenvalue weighted by atomic mass is 16.5. The first-order valence-electron chi connectivity index (χ1n) is 6.96. The van der Waals surface area contributed by atoms with Crippen LogP contribution in [-0.4, -0.2) is 17.0 Å². The summed E-state index contributed by atoms with van der Waals surface area (Å²) in [5.74, 6) is -1.34. The quantitative estimate of drug-likeness (QED) is 0.859. The number of carbonyl (C=O) groups is 2. The standard InChI is InChI=1S/C18H18O4/c1-18(2,15-10-8-14(9-11-15)16(19)20)17(21)22-12-13-6-4-3-5-7-13/h3-11H,12H2,1-2H3,(H,19,20). The maximum atomic E-state index is 12.3. The van der Waals surface area contributed by atoms with Crippen molar-refractivity contribution in [3.8, 4) is 0 Å². The molecule has 4 heteroatoms. The average molecular weight is 298 g/mol. The van der Waals surface area contributed by atoms with Gasteiger partial charge in [0.15, 0.2) is 0 Å². The van der Waals surface area contributed by atoms with Crippen LogP contribution in [0.5, 0.6) is 0 Å². The third kappa shape index (κ3) is 3.52. The summed E-state index contributed by atoms with van der Waals surface area (Å²) in [5, 5.41) is 8.91. The van der Waals surface area contributed by atoms with Gasteiger partial charge in [-0.3, -0.25) is 4.79 Å². The lowest BCUT2D eigenvalue weighted by Crippen LogP contribution is -2.31. The Morgan fingerprint density at radius 1 is 1.00 bits per heavy atom. The fourth-order valence-corrected chi connectivity index (χ4v) is 2.05. The predicted octanol–water partition coefficient (Wildman–Crippen LogP) is 3.41. The molecule has 0 aromatic heterocycles. The van der Waals surface area contributed by atoms with Crippen molar-refractivity contribution in [1.29, 1.82) is 0 Å². The van der Waals surface area contributed by atoms with E-state index in [9.17, 15) is 9.59 Å². The summed E-state index contributed by atoms with van der Waals surface area (Å²) in [7, 11) is 0. The van der Waals surface area contributed by atoms with Gasteiger partial charge in [-0.05, 0) is 37.1 Å². The van der Waals surface area contributed by atoms with Crippen LogP contribution in [0.4, 0.5) is 0 Å². The van der Waals surface area contributed by atoms with Gasteiger partial charge in [0.05, 0.1) is 11.0 Å². The summed E-state index contributed by atoms with van der Waals surface area (Å²) in [6, 6.07) is 15.7. The van der Waals surface area contributed by atoms with Crippen molar-refractivity contribution < 1.29 is 19.4 Å². The third-order valence-corrected chi connectivity index (χ3v) is 3.58. The number of hydrogen-bond acceptors (Lipinski definition) is 3. The number of hydrogen-bond donors (Lipinski definition) is 1. The maximum absolute atomic E-state index is 12.3. The van der Waals surface area contributed by atoms with Crippen molar-refractivity contribution in [2.45, 2.75) is 25.9 Å². The number of ether oxygens (including phenoxy) is 1. The lowest BCUT2D eigenvalue weighted by Gasteiger charge is -2.23. The second-order valence-corrected chi connectivity index (χ2v) is 5.57. The van der Waals surface area contributed by atoms with E-state index < -0.39 is 11.4 Å². The lowest BCUT2D eigenvalue weighted by atomic mass is 9.84. The zero-order valence-electron chi connectivity index (χ0n) is 12.6.